The van der Waals surface area contributed by atoms with Gasteiger partial charge in [0, 0.05) is 31.1 Å². The number of halogens is 1. The van der Waals surface area contributed by atoms with Crippen molar-refractivity contribution in [2.45, 2.75) is 25.9 Å². The molecule has 0 fully saturated rings. The molecule has 0 aromatic carbocycles. The van der Waals surface area contributed by atoms with Crippen molar-refractivity contribution in [2.24, 2.45) is 20.4 Å². The van der Waals surface area contributed by atoms with Crippen molar-refractivity contribution in [1.29, 1.82) is 0 Å². The number of hydrogen-bond acceptors (Lipinski definition) is 5. The third kappa shape index (κ3) is 8.81. The molecule has 2 aromatic heterocycles. The molecule has 0 aliphatic rings. The van der Waals surface area contributed by atoms with Crippen molar-refractivity contribution in [3.63, 3.8) is 0 Å². The molecule has 28 heavy (non-hydrogen) atoms. The maximum atomic E-state index is 10.5. The van der Waals surface area contributed by atoms with E-state index in [1.54, 1.807) is 58.2 Å². The van der Waals surface area contributed by atoms with E-state index < -0.39 is 11.9 Å². The Hall–Kier alpha value is -3.40. The fourth-order valence-corrected chi connectivity index (χ4v) is 1.99. The van der Waals surface area contributed by atoms with Crippen LogP contribution in [0.25, 0.3) is 0 Å². The first-order valence-electron chi connectivity index (χ1n) is 8.08. The molecule has 0 aliphatic heterocycles. The van der Waals surface area contributed by atoms with Crippen molar-refractivity contribution < 1.29 is 36.8 Å². The monoisotopic (exact) mass is 406 g/mol. The van der Waals surface area contributed by atoms with Crippen molar-refractivity contribution >= 4 is 24.0 Å². The predicted octanol–water partition coefficient (Wildman–Crippen LogP) is -1.64. The van der Waals surface area contributed by atoms with Crippen molar-refractivity contribution in [2.75, 3.05) is 0 Å². The Morgan fingerprint density at radius 3 is 2.29 bits per heavy atom. The van der Waals surface area contributed by atoms with Crippen LogP contribution in [0.2, 0.25) is 0 Å². The second-order valence-electron chi connectivity index (χ2n) is 5.42. The van der Waals surface area contributed by atoms with Crippen LogP contribution in [0, 0.1) is 0 Å². The zero-order valence-electron chi connectivity index (χ0n) is 14.8. The number of hydrogen-bond donors (Lipinski definition) is 2. The van der Waals surface area contributed by atoms with E-state index in [0.29, 0.717) is 24.1 Å². The number of pyridine rings is 2. The van der Waals surface area contributed by atoms with Crippen LogP contribution in [0.4, 0.5) is 5.69 Å². The SMILES string of the molecule is O=C(O)CCn1ccc(=NN=CN=Nc2cc[n+](CCC(=O)O)cc2)cc1.[Cl-]. The molecule has 0 unspecified atom stereocenters. The third-order valence-electron chi connectivity index (χ3n) is 3.36. The molecule has 10 nitrogen and oxygen atoms in total. The molecule has 2 aromatic rings. The second kappa shape index (κ2) is 12.1. The van der Waals surface area contributed by atoms with Gasteiger partial charge in [-0.25, -0.2) is 4.57 Å². The molecule has 2 heterocycles. The predicted molar refractivity (Wildman–Crippen MR) is 94.1 cm³/mol. The summed E-state index contributed by atoms with van der Waals surface area (Å²) in [5, 5.41) is 33.4. The summed E-state index contributed by atoms with van der Waals surface area (Å²) in [4.78, 5) is 21.0. The molecule has 11 heteroatoms. The normalized spacial score (nSPS) is 10.7. The molecule has 0 saturated carbocycles. The summed E-state index contributed by atoms with van der Waals surface area (Å²) in [7, 11) is 0. The minimum Gasteiger partial charge on any atom is -1.00 e. The molecule has 2 N–H and O–H groups in total. The number of carbonyl (C=O) groups is 2. The van der Waals surface area contributed by atoms with E-state index in [9.17, 15) is 9.59 Å². The first-order valence-corrected chi connectivity index (χ1v) is 8.08. The van der Waals surface area contributed by atoms with Crippen LogP contribution < -0.4 is 22.3 Å². The maximum absolute atomic E-state index is 10.5. The number of rotatable bonds is 9. The summed E-state index contributed by atoms with van der Waals surface area (Å²) < 4.78 is 3.49. The average molecular weight is 407 g/mol. The minimum absolute atomic E-state index is 0. The van der Waals surface area contributed by atoms with Gasteiger partial charge in [-0.15, -0.1) is 20.4 Å². The van der Waals surface area contributed by atoms with Crippen LogP contribution in [-0.2, 0) is 22.7 Å². The number of carboxylic acids is 2. The standard InChI is InChI=1S/C17H18N6O4.ClH/c24-16(25)5-11-22-7-1-14(2-8-22)20-18-13-19-21-15-3-9-23(10-4-15)12-6-17(26)27;/h1-4,7-10,13H,5-6,11-12H2,(H-,24,25,26,27);1H. The van der Waals surface area contributed by atoms with Crippen LogP contribution in [0.15, 0.2) is 69.5 Å². The van der Waals surface area contributed by atoms with Crippen LogP contribution in [0.3, 0.4) is 0 Å². The van der Waals surface area contributed by atoms with Gasteiger partial charge in [0.05, 0.1) is 17.5 Å². The lowest BCUT2D eigenvalue weighted by molar-refractivity contribution is -0.695. The number of aromatic nitrogens is 2. The highest BCUT2D eigenvalue weighted by Crippen LogP contribution is 2.07. The minimum atomic E-state index is -0.847. The average Bonchev–Trinajstić information content (AvgIpc) is 2.66. The second-order valence-corrected chi connectivity index (χ2v) is 5.42. The first kappa shape index (κ1) is 22.6. The number of azo groups is 1. The number of aryl methyl sites for hydroxylation is 2. The summed E-state index contributed by atoms with van der Waals surface area (Å²) >= 11 is 0. The van der Waals surface area contributed by atoms with Gasteiger partial charge in [-0.3, -0.25) is 9.59 Å². The van der Waals surface area contributed by atoms with Gasteiger partial charge >= 0.3 is 11.9 Å². The largest absolute Gasteiger partial charge is 1.00 e. The Labute approximate surface area is 166 Å². The summed E-state index contributed by atoms with van der Waals surface area (Å²) in [6.07, 6.45) is 8.21. The van der Waals surface area contributed by atoms with Crippen molar-refractivity contribution in [3.8, 4) is 0 Å². The van der Waals surface area contributed by atoms with Crippen LogP contribution in [-0.4, -0.2) is 33.1 Å². The van der Waals surface area contributed by atoms with E-state index in [-0.39, 0.29) is 25.2 Å². The summed E-state index contributed by atoms with van der Waals surface area (Å²) in [5.74, 6) is -1.69. The van der Waals surface area contributed by atoms with Gasteiger partial charge in [-0.2, -0.15) is 0 Å². The molecule has 0 saturated heterocycles. The van der Waals surface area contributed by atoms with E-state index in [1.807, 2.05) is 0 Å². The smallest absolute Gasteiger partial charge is 0.309 e. The third-order valence-corrected chi connectivity index (χ3v) is 3.36. The molecule has 0 atom stereocenters. The van der Waals surface area contributed by atoms with Crippen molar-refractivity contribution in [3.05, 3.63) is 54.4 Å². The van der Waals surface area contributed by atoms with Gasteiger partial charge in [0.15, 0.2) is 25.3 Å². The lowest BCUT2D eigenvalue weighted by Crippen LogP contribution is -3.00. The van der Waals surface area contributed by atoms with E-state index in [1.165, 1.54) is 6.34 Å². The number of aliphatic carboxylic acids is 2. The van der Waals surface area contributed by atoms with Gasteiger partial charge < -0.3 is 27.2 Å². The molecular weight excluding hydrogens is 388 g/mol. The zero-order valence-corrected chi connectivity index (χ0v) is 15.6. The van der Waals surface area contributed by atoms with Gasteiger partial charge in [-0.05, 0) is 12.1 Å². The van der Waals surface area contributed by atoms with Gasteiger partial charge in [0.2, 0.25) is 0 Å². The summed E-state index contributed by atoms with van der Waals surface area (Å²) in [5.41, 5.74) is 0.604. The van der Waals surface area contributed by atoms with Crippen LogP contribution in [0.1, 0.15) is 12.8 Å². The number of carboxylic acid groups (broad SMARTS) is 2. The molecule has 148 valence electrons. The van der Waals surface area contributed by atoms with Gasteiger partial charge in [-0.1, -0.05) is 0 Å². The Kier molecular flexibility index (Phi) is 9.76. The number of nitrogens with zero attached hydrogens (tertiary/aromatic N) is 6. The highest BCUT2D eigenvalue weighted by atomic mass is 35.5. The van der Waals surface area contributed by atoms with E-state index >= 15 is 0 Å². The molecule has 0 spiro atoms. The van der Waals surface area contributed by atoms with Gasteiger partial charge in [0.1, 0.15) is 6.42 Å². The maximum Gasteiger partial charge on any atom is 0.309 e. The van der Waals surface area contributed by atoms with Gasteiger partial charge in [0.25, 0.3) is 0 Å². The Balaban J connectivity index is 0.00000392. The molecule has 0 bridgehead atoms. The fourth-order valence-electron chi connectivity index (χ4n) is 1.99. The summed E-state index contributed by atoms with van der Waals surface area (Å²) in [6, 6.07) is 6.85. The Bertz CT molecular complexity index is 888. The molecule has 0 aliphatic carbocycles. The zero-order chi connectivity index (χ0) is 19.5. The first-order chi connectivity index (χ1) is 13.0. The highest BCUT2D eigenvalue weighted by Gasteiger charge is 2.04. The van der Waals surface area contributed by atoms with Crippen LogP contribution >= 0.6 is 0 Å². The summed E-state index contributed by atoms with van der Waals surface area (Å²) in [6.45, 7) is 0.779. The van der Waals surface area contributed by atoms with Crippen LogP contribution in [0.5, 0.6) is 0 Å². The van der Waals surface area contributed by atoms with Crippen molar-refractivity contribution in [1.82, 2.24) is 4.57 Å². The highest BCUT2D eigenvalue weighted by molar-refractivity contribution is 5.66. The fraction of sp³-hybridized carbons (Fsp3) is 0.235. The lowest BCUT2D eigenvalue weighted by atomic mass is 10.4. The molecular formula is C17H19ClN6O4. The lowest BCUT2D eigenvalue weighted by Gasteiger charge is -2.02. The molecule has 0 amide bonds. The van der Waals surface area contributed by atoms with E-state index in [2.05, 4.69) is 20.4 Å². The Morgan fingerprint density at radius 1 is 1.04 bits per heavy atom. The Morgan fingerprint density at radius 2 is 1.68 bits per heavy atom. The van der Waals surface area contributed by atoms with E-state index in [0.717, 1.165) is 0 Å². The molecule has 0 radical (unpaired) electrons. The quantitative estimate of drug-likeness (QED) is 0.170. The topological polar surface area (TPSA) is 133 Å². The van der Waals surface area contributed by atoms with E-state index in [4.69, 9.17) is 10.2 Å². The molecule has 2 rings (SSSR count).